The number of allylic oxidation sites excluding steroid dienone is 3. The Kier molecular flexibility index (Phi) is 7.30. The molecule has 0 saturated carbocycles. The predicted octanol–water partition coefficient (Wildman–Crippen LogP) is 14.1. The van der Waals surface area contributed by atoms with Crippen LogP contribution in [0.4, 0.5) is 11.4 Å². The van der Waals surface area contributed by atoms with Gasteiger partial charge >= 0.3 is 0 Å². The first kappa shape index (κ1) is 32.7. The van der Waals surface area contributed by atoms with Gasteiger partial charge in [0.25, 0.3) is 0 Å². The van der Waals surface area contributed by atoms with Gasteiger partial charge in [-0.15, -0.1) is 0 Å². The molecular formula is C53H45N. The molecule has 3 aliphatic rings. The van der Waals surface area contributed by atoms with Gasteiger partial charge in [-0.05, 0) is 114 Å². The van der Waals surface area contributed by atoms with Crippen molar-refractivity contribution in [1.29, 1.82) is 0 Å². The van der Waals surface area contributed by atoms with Crippen molar-refractivity contribution in [2.45, 2.75) is 51.4 Å². The van der Waals surface area contributed by atoms with E-state index < -0.39 is 0 Å². The molecule has 3 aliphatic carbocycles. The van der Waals surface area contributed by atoms with Gasteiger partial charge in [-0.1, -0.05) is 168 Å². The highest BCUT2D eigenvalue weighted by Crippen LogP contribution is 2.55. The van der Waals surface area contributed by atoms with E-state index in [2.05, 4.69) is 209 Å². The summed E-state index contributed by atoms with van der Waals surface area (Å²) >= 11 is 0. The standard InChI is InChI=1S/C53H45N/c1-34-31-39(54(38-16-7-6-8-17-38)40-28-30-44-43-19-11-13-21-46(43)52(2,3)48(44)33-40)27-29-41(34)35-23-25-36(26-24-35)50-42-18-10-9-15-37(42)32-49-51(50)45-20-12-14-22-47(45)53(49,4)5/h6-34,41H,1-5H3. The van der Waals surface area contributed by atoms with Gasteiger partial charge in [0.15, 0.2) is 0 Å². The van der Waals surface area contributed by atoms with E-state index in [1.807, 2.05) is 0 Å². The van der Waals surface area contributed by atoms with Crippen molar-refractivity contribution in [2.75, 3.05) is 4.90 Å². The molecule has 0 N–H and O–H groups in total. The van der Waals surface area contributed by atoms with Crippen LogP contribution in [0.1, 0.15) is 68.4 Å². The van der Waals surface area contributed by atoms with Crippen molar-refractivity contribution in [2.24, 2.45) is 5.92 Å². The van der Waals surface area contributed by atoms with E-state index in [9.17, 15) is 0 Å². The molecule has 0 bridgehead atoms. The normalized spacial score (nSPS) is 18.4. The van der Waals surface area contributed by atoms with Crippen LogP contribution in [0.25, 0.3) is 44.2 Å². The van der Waals surface area contributed by atoms with Crippen LogP contribution in [0.2, 0.25) is 0 Å². The zero-order valence-corrected chi connectivity index (χ0v) is 31.8. The first-order valence-corrected chi connectivity index (χ1v) is 19.5. The maximum Gasteiger partial charge on any atom is 0.0464 e. The van der Waals surface area contributed by atoms with E-state index in [4.69, 9.17) is 0 Å². The second-order valence-electron chi connectivity index (χ2n) is 16.6. The van der Waals surface area contributed by atoms with Gasteiger partial charge in [-0.25, -0.2) is 0 Å². The number of anilines is 2. The molecule has 0 aromatic heterocycles. The van der Waals surface area contributed by atoms with Gasteiger partial charge in [0.05, 0.1) is 0 Å². The molecule has 2 unspecified atom stereocenters. The largest absolute Gasteiger partial charge is 0.311 e. The molecule has 7 aromatic carbocycles. The van der Waals surface area contributed by atoms with Crippen LogP contribution < -0.4 is 4.90 Å². The highest BCUT2D eigenvalue weighted by Gasteiger charge is 2.38. The van der Waals surface area contributed by atoms with Gasteiger partial charge in [0.2, 0.25) is 0 Å². The summed E-state index contributed by atoms with van der Waals surface area (Å²) in [5.74, 6) is 0.596. The topological polar surface area (TPSA) is 3.24 Å². The second kappa shape index (κ2) is 12.1. The van der Waals surface area contributed by atoms with Crippen LogP contribution in [-0.4, -0.2) is 0 Å². The van der Waals surface area contributed by atoms with Crippen LogP contribution in [0.15, 0.2) is 176 Å². The van der Waals surface area contributed by atoms with Crippen molar-refractivity contribution < 1.29 is 0 Å². The minimum Gasteiger partial charge on any atom is -0.311 e. The number of rotatable bonds is 5. The number of nitrogens with zero attached hydrogens (tertiary/aromatic N) is 1. The van der Waals surface area contributed by atoms with Gasteiger partial charge in [-0.3, -0.25) is 0 Å². The number of hydrogen-bond donors (Lipinski definition) is 0. The van der Waals surface area contributed by atoms with Gasteiger partial charge < -0.3 is 4.90 Å². The van der Waals surface area contributed by atoms with Crippen molar-refractivity contribution >= 4 is 22.1 Å². The fourth-order valence-electron chi connectivity index (χ4n) is 9.91. The zero-order valence-electron chi connectivity index (χ0n) is 31.8. The quantitative estimate of drug-likeness (QED) is 0.173. The lowest BCUT2D eigenvalue weighted by atomic mass is 9.80. The fraction of sp³-hybridized carbons (Fsp3) is 0.170. The molecule has 54 heavy (non-hydrogen) atoms. The lowest BCUT2D eigenvalue weighted by molar-refractivity contribution is 0.628. The van der Waals surface area contributed by atoms with E-state index in [0.717, 1.165) is 0 Å². The summed E-state index contributed by atoms with van der Waals surface area (Å²) in [6.45, 7) is 11.8. The maximum atomic E-state index is 2.47. The van der Waals surface area contributed by atoms with Crippen LogP contribution in [-0.2, 0) is 10.8 Å². The Morgan fingerprint density at radius 2 is 1.13 bits per heavy atom. The number of benzene rings is 7. The highest BCUT2D eigenvalue weighted by atomic mass is 15.1. The minimum absolute atomic E-state index is 0.0500. The predicted molar refractivity (Wildman–Crippen MR) is 229 cm³/mol. The van der Waals surface area contributed by atoms with Crippen LogP contribution in [0, 0.1) is 5.92 Å². The molecule has 262 valence electrons. The van der Waals surface area contributed by atoms with Gasteiger partial charge in [-0.2, -0.15) is 0 Å². The molecule has 0 radical (unpaired) electrons. The third kappa shape index (κ3) is 4.84. The molecular weight excluding hydrogens is 651 g/mol. The fourth-order valence-corrected chi connectivity index (χ4v) is 9.91. The number of fused-ring (bicyclic) bond motifs is 7. The summed E-state index contributed by atoms with van der Waals surface area (Å²) in [6.07, 6.45) is 7.23. The smallest absolute Gasteiger partial charge is 0.0464 e. The van der Waals surface area contributed by atoms with Crippen LogP contribution in [0.5, 0.6) is 0 Å². The summed E-state index contributed by atoms with van der Waals surface area (Å²) in [5.41, 5.74) is 18.5. The molecule has 0 aliphatic heterocycles. The molecule has 0 saturated heterocycles. The van der Waals surface area contributed by atoms with Gasteiger partial charge in [0, 0.05) is 33.8 Å². The molecule has 0 spiro atoms. The molecule has 1 nitrogen and oxygen atoms in total. The third-order valence-corrected chi connectivity index (χ3v) is 12.7. The van der Waals surface area contributed by atoms with E-state index >= 15 is 0 Å². The average Bonchev–Trinajstić information content (AvgIpc) is 3.57. The molecule has 7 aromatic rings. The summed E-state index contributed by atoms with van der Waals surface area (Å²) in [5, 5.41) is 2.62. The summed E-state index contributed by atoms with van der Waals surface area (Å²) < 4.78 is 0. The molecule has 10 rings (SSSR count). The Balaban J connectivity index is 1.01. The average molecular weight is 696 g/mol. The second-order valence-corrected chi connectivity index (χ2v) is 16.6. The lowest BCUT2D eigenvalue weighted by Gasteiger charge is -2.32. The Hall–Kier alpha value is -5.92. The Bertz CT molecular complexity index is 2670. The Morgan fingerprint density at radius 1 is 0.500 bits per heavy atom. The summed E-state index contributed by atoms with van der Waals surface area (Å²) in [4.78, 5) is 2.44. The van der Waals surface area contributed by atoms with E-state index in [0.29, 0.717) is 5.92 Å². The highest BCUT2D eigenvalue weighted by molar-refractivity contribution is 6.08. The lowest BCUT2D eigenvalue weighted by Crippen LogP contribution is -2.21. The van der Waals surface area contributed by atoms with Crippen LogP contribution in [0.3, 0.4) is 0 Å². The van der Waals surface area contributed by atoms with Crippen molar-refractivity contribution in [3.63, 3.8) is 0 Å². The molecule has 0 heterocycles. The molecule has 2 atom stereocenters. The zero-order chi connectivity index (χ0) is 36.8. The molecule has 1 heteroatoms. The van der Waals surface area contributed by atoms with E-state index in [1.54, 1.807) is 0 Å². The number of para-hydroxylation sites is 1. The van der Waals surface area contributed by atoms with E-state index in [-0.39, 0.29) is 16.7 Å². The monoisotopic (exact) mass is 695 g/mol. The number of hydrogen-bond acceptors (Lipinski definition) is 1. The SMILES string of the molecule is CC1C=C(N(c2ccccc2)c2ccc3c(c2)C(C)(C)c2ccccc2-3)C=CC1c1ccc(-c2c3c(cc4ccccc24)C(C)(C)c2ccccc2-3)cc1. The summed E-state index contributed by atoms with van der Waals surface area (Å²) in [6, 6.07) is 56.6. The first-order valence-electron chi connectivity index (χ1n) is 19.5. The van der Waals surface area contributed by atoms with Crippen molar-refractivity contribution in [3.05, 3.63) is 203 Å². The van der Waals surface area contributed by atoms with Crippen molar-refractivity contribution in [3.8, 4) is 33.4 Å². The van der Waals surface area contributed by atoms with E-state index in [1.165, 1.54) is 89.0 Å². The first-order chi connectivity index (χ1) is 26.2. The minimum atomic E-state index is -0.0582. The van der Waals surface area contributed by atoms with Gasteiger partial charge in [0.1, 0.15) is 0 Å². The molecule has 0 fully saturated rings. The summed E-state index contributed by atoms with van der Waals surface area (Å²) in [7, 11) is 0. The Labute approximate surface area is 320 Å². The van der Waals surface area contributed by atoms with Crippen LogP contribution >= 0.6 is 0 Å². The maximum absolute atomic E-state index is 2.47. The third-order valence-electron chi connectivity index (χ3n) is 12.7. The molecule has 0 amide bonds. The Morgan fingerprint density at radius 3 is 1.89 bits per heavy atom. The van der Waals surface area contributed by atoms with Crippen molar-refractivity contribution in [1.82, 2.24) is 0 Å².